The summed E-state index contributed by atoms with van der Waals surface area (Å²) in [5, 5.41) is 0. The Kier molecular flexibility index (Phi) is 4.28. The lowest BCUT2D eigenvalue weighted by atomic mass is 9.86. The van der Waals surface area contributed by atoms with E-state index in [4.69, 9.17) is 5.73 Å². The van der Waals surface area contributed by atoms with Gasteiger partial charge in [-0.2, -0.15) is 0 Å². The van der Waals surface area contributed by atoms with Crippen LogP contribution in [0.2, 0.25) is 0 Å². The van der Waals surface area contributed by atoms with Crippen LogP contribution in [0, 0.1) is 5.92 Å². The van der Waals surface area contributed by atoms with E-state index in [0.29, 0.717) is 6.04 Å². The van der Waals surface area contributed by atoms with Crippen molar-refractivity contribution in [1.29, 1.82) is 0 Å². The number of likely N-dealkylation sites (N-methyl/N-ethyl adjacent to an activating group) is 1. The number of hydrogen-bond acceptors (Lipinski definition) is 2. The van der Waals surface area contributed by atoms with E-state index < -0.39 is 0 Å². The van der Waals surface area contributed by atoms with Crippen LogP contribution >= 0.6 is 0 Å². The van der Waals surface area contributed by atoms with Crippen LogP contribution in [0.5, 0.6) is 0 Å². The van der Waals surface area contributed by atoms with Gasteiger partial charge in [-0.1, -0.05) is 32.9 Å². The molecule has 0 amide bonds. The fourth-order valence-corrected chi connectivity index (χ4v) is 3.13. The van der Waals surface area contributed by atoms with Gasteiger partial charge in [-0.3, -0.25) is 0 Å². The molecule has 2 N–H and O–H groups in total. The van der Waals surface area contributed by atoms with Gasteiger partial charge in [0.05, 0.1) is 0 Å². The maximum absolute atomic E-state index is 6.06. The van der Waals surface area contributed by atoms with Crippen molar-refractivity contribution >= 4 is 5.69 Å². The van der Waals surface area contributed by atoms with Crippen molar-refractivity contribution in [3.05, 3.63) is 29.3 Å². The first-order valence-corrected chi connectivity index (χ1v) is 7.22. The van der Waals surface area contributed by atoms with E-state index in [-0.39, 0.29) is 0 Å². The summed E-state index contributed by atoms with van der Waals surface area (Å²) in [5.74, 6) is 0.743. The van der Waals surface area contributed by atoms with Gasteiger partial charge in [0, 0.05) is 18.3 Å². The van der Waals surface area contributed by atoms with Crippen molar-refractivity contribution in [2.75, 3.05) is 18.8 Å². The van der Waals surface area contributed by atoms with Crippen LogP contribution in [-0.4, -0.2) is 24.0 Å². The summed E-state index contributed by atoms with van der Waals surface area (Å²) in [7, 11) is 0. The van der Waals surface area contributed by atoms with E-state index in [1.54, 1.807) is 0 Å². The summed E-state index contributed by atoms with van der Waals surface area (Å²) in [5.41, 5.74) is 9.91. The van der Waals surface area contributed by atoms with Gasteiger partial charge < -0.3 is 10.6 Å². The standard InChI is InChI=1S/C16H26N2/c1-4-18(11-12(2)3)14-8-9-15-13(10-14)6-5-7-16(15)17/h5-7,12,14H,4,8-11,17H2,1-3H3. The van der Waals surface area contributed by atoms with Gasteiger partial charge in [0.2, 0.25) is 0 Å². The molecule has 0 saturated carbocycles. The van der Waals surface area contributed by atoms with Crippen molar-refractivity contribution in [2.45, 2.75) is 46.1 Å². The fraction of sp³-hybridized carbons (Fsp3) is 0.625. The number of fused-ring (bicyclic) bond motifs is 1. The van der Waals surface area contributed by atoms with Crippen LogP contribution in [0.15, 0.2) is 18.2 Å². The second-order valence-corrected chi connectivity index (χ2v) is 5.86. The van der Waals surface area contributed by atoms with Gasteiger partial charge in [-0.25, -0.2) is 0 Å². The number of anilines is 1. The highest BCUT2D eigenvalue weighted by Gasteiger charge is 2.24. The molecule has 0 bridgehead atoms. The van der Waals surface area contributed by atoms with Crippen molar-refractivity contribution in [2.24, 2.45) is 5.92 Å². The van der Waals surface area contributed by atoms with E-state index >= 15 is 0 Å². The molecule has 2 rings (SSSR count). The molecule has 0 aromatic heterocycles. The van der Waals surface area contributed by atoms with Crippen molar-refractivity contribution in [3.8, 4) is 0 Å². The molecule has 0 spiro atoms. The molecule has 1 unspecified atom stereocenters. The molecule has 0 aliphatic heterocycles. The van der Waals surface area contributed by atoms with Gasteiger partial charge >= 0.3 is 0 Å². The Balaban J connectivity index is 2.11. The number of hydrogen-bond donors (Lipinski definition) is 1. The van der Waals surface area contributed by atoms with Crippen LogP contribution in [0.3, 0.4) is 0 Å². The number of benzene rings is 1. The average molecular weight is 246 g/mol. The summed E-state index contributed by atoms with van der Waals surface area (Å²) in [4.78, 5) is 2.64. The molecular weight excluding hydrogens is 220 g/mol. The third kappa shape index (κ3) is 2.86. The van der Waals surface area contributed by atoms with E-state index in [0.717, 1.165) is 24.6 Å². The van der Waals surface area contributed by atoms with Crippen LogP contribution in [-0.2, 0) is 12.8 Å². The quantitative estimate of drug-likeness (QED) is 0.827. The highest BCUT2D eigenvalue weighted by atomic mass is 15.1. The van der Waals surface area contributed by atoms with Gasteiger partial charge in [-0.05, 0) is 48.9 Å². The molecule has 2 nitrogen and oxygen atoms in total. The van der Waals surface area contributed by atoms with Crippen molar-refractivity contribution in [3.63, 3.8) is 0 Å². The number of nitrogen functional groups attached to an aromatic ring is 1. The van der Waals surface area contributed by atoms with E-state index in [1.807, 2.05) is 6.07 Å². The first-order chi connectivity index (χ1) is 8.61. The largest absolute Gasteiger partial charge is 0.398 e. The molecule has 1 atom stereocenters. The molecule has 100 valence electrons. The highest BCUT2D eigenvalue weighted by Crippen LogP contribution is 2.28. The second-order valence-electron chi connectivity index (χ2n) is 5.86. The summed E-state index contributed by atoms with van der Waals surface area (Å²) in [6.45, 7) is 9.24. The third-order valence-corrected chi connectivity index (χ3v) is 4.01. The van der Waals surface area contributed by atoms with Crippen LogP contribution in [0.25, 0.3) is 0 Å². The third-order valence-electron chi connectivity index (χ3n) is 4.01. The molecule has 1 aliphatic rings. The van der Waals surface area contributed by atoms with E-state index in [9.17, 15) is 0 Å². The molecule has 0 radical (unpaired) electrons. The lowest BCUT2D eigenvalue weighted by Crippen LogP contribution is -2.41. The molecule has 0 fully saturated rings. The molecular formula is C16H26N2. The minimum atomic E-state index is 0.701. The SMILES string of the molecule is CCN(CC(C)C)C1CCc2c(N)cccc2C1. The predicted octanol–water partition coefficient (Wildman–Crippen LogP) is 3.10. The van der Waals surface area contributed by atoms with Crippen molar-refractivity contribution in [1.82, 2.24) is 4.90 Å². The summed E-state index contributed by atoms with van der Waals surface area (Å²) in [6, 6.07) is 7.08. The van der Waals surface area contributed by atoms with Crippen LogP contribution < -0.4 is 5.73 Å². The Morgan fingerprint density at radius 2 is 2.17 bits per heavy atom. The van der Waals surface area contributed by atoms with Gasteiger partial charge in [0.15, 0.2) is 0 Å². The summed E-state index contributed by atoms with van der Waals surface area (Å²) < 4.78 is 0. The zero-order chi connectivity index (χ0) is 13.1. The number of rotatable bonds is 4. The molecule has 0 heterocycles. The maximum atomic E-state index is 6.06. The second kappa shape index (κ2) is 5.75. The normalized spacial score (nSPS) is 19.3. The zero-order valence-corrected chi connectivity index (χ0v) is 11.9. The highest BCUT2D eigenvalue weighted by molar-refractivity contribution is 5.52. The van der Waals surface area contributed by atoms with Gasteiger partial charge in [0.25, 0.3) is 0 Å². The summed E-state index contributed by atoms with van der Waals surface area (Å²) >= 11 is 0. The Bertz CT molecular complexity index is 398. The first-order valence-electron chi connectivity index (χ1n) is 7.22. The molecule has 1 aromatic rings. The fourth-order valence-electron chi connectivity index (χ4n) is 3.13. The Morgan fingerprint density at radius 1 is 1.39 bits per heavy atom. The minimum Gasteiger partial charge on any atom is -0.398 e. The molecule has 1 aromatic carbocycles. The Hall–Kier alpha value is -1.02. The Labute approximate surface area is 111 Å². The zero-order valence-electron chi connectivity index (χ0n) is 11.9. The molecule has 0 saturated heterocycles. The predicted molar refractivity (Wildman–Crippen MR) is 78.8 cm³/mol. The lowest BCUT2D eigenvalue weighted by Gasteiger charge is -2.35. The first kappa shape index (κ1) is 13.4. The summed E-state index contributed by atoms with van der Waals surface area (Å²) in [6.07, 6.45) is 3.56. The monoisotopic (exact) mass is 246 g/mol. The Morgan fingerprint density at radius 3 is 2.83 bits per heavy atom. The smallest absolute Gasteiger partial charge is 0.0349 e. The van der Waals surface area contributed by atoms with E-state index in [1.165, 1.54) is 30.5 Å². The van der Waals surface area contributed by atoms with Crippen LogP contribution in [0.4, 0.5) is 5.69 Å². The molecule has 1 aliphatic carbocycles. The maximum Gasteiger partial charge on any atom is 0.0349 e. The lowest BCUT2D eigenvalue weighted by molar-refractivity contribution is 0.169. The average Bonchev–Trinajstić information content (AvgIpc) is 2.35. The number of nitrogens with zero attached hydrogens (tertiary/aromatic N) is 1. The van der Waals surface area contributed by atoms with E-state index in [2.05, 4.69) is 37.8 Å². The van der Waals surface area contributed by atoms with Crippen molar-refractivity contribution < 1.29 is 0 Å². The topological polar surface area (TPSA) is 29.3 Å². The number of nitrogens with two attached hydrogens (primary N) is 1. The molecule has 18 heavy (non-hydrogen) atoms. The van der Waals surface area contributed by atoms with Crippen LogP contribution in [0.1, 0.15) is 38.3 Å². The molecule has 2 heteroatoms. The van der Waals surface area contributed by atoms with Gasteiger partial charge in [0.1, 0.15) is 0 Å². The van der Waals surface area contributed by atoms with Gasteiger partial charge in [-0.15, -0.1) is 0 Å². The minimum absolute atomic E-state index is 0.701.